The largest absolute Gasteiger partial charge is 0.479 e. The normalized spacial score (nSPS) is 13.6. The van der Waals surface area contributed by atoms with E-state index in [2.05, 4.69) is 30.6 Å². The summed E-state index contributed by atoms with van der Waals surface area (Å²) in [5, 5.41) is 47.1. The van der Waals surface area contributed by atoms with E-state index in [-0.39, 0.29) is 25.8 Å². The number of carbonyl (C=O) groups excluding carboxylic acids is 7. The minimum atomic E-state index is -2.64. The summed E-state index contributed by atoms with van der Waals surface area (Å²) in [5.74, 6) is -7.97. The standard InChI is InChI=1S/C27H48O10.C13H18O11/c1-2-3-4-5-6-7-8-9-10-11-12-13-14-15-16-17-24(30)36-19-23(29)20-37-25(31)18-27(34,26(32)33)21-35-22-28;1-7(15)22-5-9(17)6-23-13(20)11(24-8(2)16)10(12(18)19)21-4-3-14/h22-23,29,34H,2-21H2,1H3,(H,32,33);3,9-11,17H,4-6H2,1-2H3,(H,18,19). The Kier molecular flexibility index (Phi) is 35.5. The third-order valence-electron chi connectivity index (χ3n) is 8.37. The SMILES string of the molecule is CC(=O)OCC(O)COC(=O)C(OC(C)=O)C(OCC=O)C(=O)O.CCCCCCCCCCCCCCCCCC(=O)OCC(O)COC(=O)CC(O)(COC=O)C(=O)O. The maximum Gasteiger partial charge on any atom is 0.351 e. The molecule has 0 aromatic rings. The zero-order chi connectivity index (χ0) is 46.5. The van der Waals surface area contributed by atoms with E-state index in [0.29, 0.717) is 6.42 Å². The van der Waals surface area contributed by atoms with E-state index < -0.39 is 111 Å². The summed E-state index contributed by atoms with van der Waals surface area (Å²) in [5.41, 5.74) is -2.64. The molecule has 0 aliphatic heterocycles. The fraction of sp³-hybridized carbons (Fsp3) is 0.775. The van der Waals surface area contributed by atoms with Crippen molar-refractivity contribution < 1.29 is 102 Å². The average molecular weight is 883 g/mol. The molecule has 5 atom stereocenters. The summed E-state index contributed by atoms with van der Waals surface area (Å²) in [7, 11) is 0. The van der Waals surface area contributed by atoms with Crippen molar-refractivity contribution in [1.82, 2.24) is 0 Å². The van der Waals surface area contributed by atoms with Gasteiger partial charge >= 0.3 is 41.8 Å². The molecule has 0 aliphatic rings. The van der Waals surface area contributed by atoms with Crippen LogP contribution in [0.4, 0.5) is 0 Å². The molecule has 0 aromatic heterocycles. The van der Waals surface area contributed by atoms with E-state index in [1.54, 1.807) is 0 Å². The van der Waals surface area contributed by atoms with E-state index in [4.69, 9.17) is 19.7 Å². The molecule has 5 unspecified atom stereocenters. The third kappa shape index (κ3) is 33.7. The van der Waals surface area contributed by atoms with Gasteiger partial charge in [-0.15, -0.1) is 0 Å². The van der Waals surface area contributed by atoms with Crippen molar-refractivity contribution in [1.29, 1.82) is 0 Å². The molecule has 21 heteroatoms. The molecule has 0 saturated carbocycles. The van der Waals surface area contributed by atoms with Gasteiger partial charge in [-0.25, -0.2) is 14.4 Å². The molecule has 0 rings (SSSR count). The van der Waals surface area contributed by atoms with Crippen LogP contribution in [0.2, 0.25) is 0 Å². The predicted octanol–water partition coefficient (Wildman–Crippen LogP) is 2.13. The Balaban J connectivity index is 0. The molecule has 0 aromatic carbocycles. The molecule has 0 saturated heterocycles. The van der Waals surface area contributed by atoms with Gasteiger partial charge in [0, 0.05) is 20.3 Å². The Morgan fingerprint density at radius 3 is 1.49 bits per heavy atom. The third-order valence-corrected chi connectivity index (χ3v) is 8.37. The fourth-order valence-electron chi connectivity index (χ4n) is 5.15. The van der Waals surface area contributed by atoms with Crippen LogP contribution in [0, 0.1) is 0 Å². The summed E-state index contributed by atoms with van der Waals surface area (Å²) in [6, 6.07) is 0. The van der Waals surface area contributed by atoms with Crippen LogP contribution in [-0.4, -0.2) is 150 Å². The van der Waals surface area contributed by atoms with Crippen LogP contribution in [0.1, 0.15) is 130 Å². The number of aliphatic hydroxyl groups excluding tert-OH is 2. The van der Waals surface area contributed by atoms with E-state index >= 15 is 0 Å². The van der Waals surface area contributed by atoms with Gasteiger partial charge in [-0.1, -0.05) is 96.8 Å². The Bertz CT molecular complexity index is 1290. The molecular weight excluding hydrogens is 816 g/mol. The van der Waals surface area contributed by atoms with Gasteiger partial charge in [0.1, 0.15) is 58.1 Å². The molecule has 5 N–H and O–H groups in total. The number of esters is 5. The number of aliphatic hydroxyl groups is 3. The van der Waals surface area contributed by atoms with Crippen molar-refractivity contribution in [3.63, 3.8) is 0 Å². The number of ether oxygens (including phenoxy) is 7. The molecule has 0 aliphatic carbocycles. The Morgan fingerprint density at radius 2 is 1.07 bits per heavy atom. The molecule has 0 heterocycles. The van der Waals surface area contributed by atoms with Crippen LogP contribution < -0.4 is 0 Å². The lowest BCUT2D eigenvalue weighted by molar-refractivity contribution is -0.186. The van der Waals surface area contributed by atoms with Crippen LogP contribution in [0.5, 0.6) is 0 Å². The fourth-order valence-corrected chi connectivity index (χ4v) is 5.15. The maximum atomic E-state index is 11.9. The van der Waals surface area contributed by atoms with Gasteiger partial charge in [0.25, 0.3) is 6.47 Å². The first-order chi connectivity index (χ1) is 28.9. The summed E-state index contributed by atoms with van der Waals surface area (Å²) < 4.78 is 32.2. The van der Waals surface area contributed by atoms with E-state index in [1.807, 2.05) is 0 Å². The Hall–Kier alpha value is -4.73. The van der Waals surface area contributed by atoms with Crippen molar-refractivity contribution in [3.05, 3.63) is 0 Å². The number of unbranched alkanes of at least 4 members (excludes halogenated alkanes) is 14. The lowest BCUT2D eigenvalue weighted by Crippen LogP contribution is -2.46. The predicted molar refractivity (Wildman–Crippen MR) is 209 cm³/mol. The zero-order valence-corrected chi connectivity index (χ0v) is 35.5. The highest BCUT2D eigenvalue weighted by atomic mass is 16.6. The molecule has 0 radical (unpaired) electrons. The van der Waals surface area contributed by atoms with E-state index in [1.165, 1.54) is 70.6 Å². The number of aliphatic carboxylic acids is 2. The summed E-state index contributed by atoms with van der Waals surface area (Å²) in [6.07, 6.45) is 11.4. The van der Waals surface area contributed by atoms with Gasteiger partial charge < -0.3 is 63.5 Å². The Morgan fingerprint density at radius 1 is 0.607 bits per heavy atom. The first-order valence-corrected chi connectivity index (χ1v) is 20.4. The van der Waals surface area contributed by atoms with Gasteiger partial charge in [0.2, 0.25) is 17.8 Å². The molecular formula is C40H66O21. The smallest absolute Gasteiger partial charge is 0.351 e. The molecule has 0 bridgehead atoms. The first kappa shape index (κ1) is 58.4. The van der Waals surface area contributed by atoms with Crippen LogP contribution >= 0.6 is 0 Å². The van der Waals surface area contributed by atoms with E-state index in [9.17, 15) is 58.5 Å². The second-order valence-electron chi connectivity index (χ2n) is 14.0. The zero-order valence-electron chi connectivity index (χ0n) is 35.5. The van der Waals surface area contributed by atoms with Crippen molar-refractivity contribution in [2.45, 2.75) is 160 Å². The first-order valence-electron chi connectivity index (χ1n) is 20.4. The molecule has 0 fully saturated rings. The highest BCUT2D eigenvalue weighted by molar-refractivity contribution is 5.87. The number of carboxylic acids is 2. The highest BCUT2D eigenvalue weighted by Crippen LogP contribution is 2.15. The number of hydrogen-bond donors (Lipinski definition) is 5. The second-order valence-corrected chi connectivity index (χ2v) is 14.0. The van der Waals surface area contributed by atoms with Gasteiger partial charge in [-0.05, 0) is 6.42 Å². The van der Waals surface area contributed by atoms with Crippen molar-refractivity contribution in [3.8, 4) is 0 Å². The molecule has 0 amide bonds. The molecule has 61 heavy (non-hydrogen) atoms. The quantitative estimate of drug-likeness (QED) is 0.0258. The minimum Gasteiger partial charge on any atom is -0.479 e. The van der Waals surface area contributed by atoms with Crippen LogP contribution in [0.3, 0.4) is 0 Å². The summed E-state index contributed by atoms with van der Waals surface area (Å²) in [4.78, 5) is 99.6. The highest BCUT2D eigenvalue weighted by Gasteiger charge is 2.41. The van der Waals surface area contributed by atoms with Gasteiger partial charge in [-0.2, -0.15) is 0 Å². The van der Waals surface area contributed by atoms with Gasteiger partial charge in [0.15, 0.2) is 0 Å². The number of hydrogen-bond acceptors (Lipinski definition) is 19. The van der Waals surface area contributed by atoms with Crippen molar-refractivity contribution in [2.75, 3.05) is 39.6 Å². The van der Waals surface area contributed by atoms with Crippen LogP contribution in [0.25, 0.3) is 0 Å². The summed E-state index contributed by atoms with van der Waals surface area (Å²) in [6.45, 7) is 0.608. The summed E-state index contributed by atoms with van der Waals surface area (Å²) >= 11 is 0. The molecule has 352 valence electrons. The van der Waals surface area contributed by atoms with Crippen LogP contribution in [0.15, 0.2) is 0 Å². The number of aldehydes is 1. The molecule has 21 nitrogen and oxygen atoms in total. The van der Waals surface area contributed by atoms with Gasteiger partial charge in [-0.3, -0.25) is 24.0 Å². The van der Waals surface area contributed by atoms with Crippen molar-refractivity contribution >= 4 is 54.5 Å². The number of carboxylic acid groups (broad SMARTS) is 2. The number of carbonyl (C=O) groups is 9. The molecule has 0 spiro atoms. The monoisotopic (exact) mass is 882 g/mol. The Labute approximate surface area is 355 Å². The van der Waals surface area contributed by atoms with Gasteiger partial charge in [0.05, 0.1) is 6.42 Å². The minimum absolute atomic E-state index is 0.0588. The number of rotatable bonds is 37. The van der Waals surface area contributed by atoms with Crippen molar-refractivity contribution in [2.24, 2.45) is 0 Å². The topological polar surface area (TPSA) is 319 Å². The second kappa shape index (κ2) is 37.1. The van der Waals surface area contributed by atoms with E-state index in [0.717, 1.165) is 33.1 Å². The van der Waals surface area contributed by atoms with Crippen LogP contribution in [-0.2, 0) is 76.3 Å². The average Bonchev–Trinajstić information content (AvgIpc) is 3.20. The maximum absolute atomic E-state index is 11.9. The lowest BCUT2D eigenvalue weighted by Gasteiger charge is -2.22. The lowest BCUT2D eigenvalue weighted by atomic mass is 10.0.